The normalized spacial score (nSPS) is 11.5. The van der Waals surface area contributed by atoms with Crippen LogP contribution in [0.1, 0.15) is 24.0 Å². The van der Waals surface area contributed by atoms with Crippen LogP contribution in [0.2, 0.25) is 0 Å². The van der Waals surface area contributed by atoms with Crippen LogP contribution in [0.3, 0.4) is 0 Å². The highest BCUT2D eigenvalue weighted by molar-refractivity contribution is 5.86. The van der Waals surface area contributed by atoms with Crippen LogP contribution in [-0.2, 0) is 17.7 Å². The maximum absolute atomic E-state index is 12.6. The van der Waals surface area contributed by atoms with Crippen molar-refractivity contribution in [1.29, 1.82) is 5.26 Å². The second kappa shape index (κ2) is 12.9. The van der Waals surface area contributed by atoms with Crippen LogP contribution >= 0.6 is 0 Å². The van der Waals surface area contributed by atoms with E-state index in [0.29, 0.717) is 49.8 Å². The molecule has 0 saturated carbocycles. The molecular formula is C25H26F3N7O3. The van der Waals surface area contributed by atoms with Gasteiger partial charge in [-0.05, 0) is 48.7 Å². The summed E-state index contributed by atoms with van der Waals surface area (Å²) in [5.74, 6) is 0.354. The van der Waals surface area contributed by atoms with E-state index in [-0.39, 0.29) is 12.2 Å². The summed E-state index contributed by atoms with van der Waals surface area (Å²) < 4.78 is 55.1. The van der Waals surface area contributed by atoms with Crippen molar-refractivity contribution in [3.05, 3.63) is 60.3 Å². The zero-order valence-electron chi connectivity index (χ0n) is 20.4. The van der Waals surface area contributed by atoms with Gasteiger partial charge >= 0.3 is 6.36 Å². The molecular weight excluding hydrogens is 503 g/mol. The largest absolute Gasteiger partial charge is 0.573 e. The van der Waals surface area contributed by atoms with Gasteiger partial charge in [-0.1, -0.05) is 6.07 Å². The van der Waals surface area contributed by atoms with E-state index in [0.717, 1.165) is 29.4 Å². The van der Waals surface area contributed by atoms with Gasteiger partial charge in [0, 0.05) is 19.2 Å². The van der Waals surface area contributed by atoms with Crippen LogP contribution in [0, 0.1) is 11.3 Å². The molecule has 0 aliphatic heterocycles. The van der Waals surface area contributed by atoms with Gasteiger partial charge in [0.2, 0.25) is 0 Å². The minimum Gasteiger partial charge on any atom is -0.490 e. The first kappa shape index (κ1) is 26.9. The Hall–Kier alpha value is -4.15. The first-order valence-electron chi connectivity index (χ1n) is 11.9. The molecule has 4 aromatic rings. The fraction of sp³-hybridized carbons (Fsp3) is 0.360. The van der Waals surface area contributed by atoms with Crippen LogP contribution in [0.5, 0.6) is 11.5 Å². The summed E-state index contributed by atoms with van der Waals surface area (Å²) in [7, 11) is 0. The van der Waals surface area contributed by atoms with Crippen molar-refractivity contribution in [2.75, 3.05) is 26.4 Å². The zero-order valence-corrected chi connectivity index (χ0v) is 20.4. The number of ether oxygens (including phenoxy) is 3. The molecule has 0 fully saturated rings. The van der Waals surface area contributed by atoms with Gasteiger partial charge in [-0.15, -0.1) is 23.4 Å². The quantitative estimate of drug-likeness (QED) is 0.234. The molecule has 2 N–H and O–H groups in total. The predicted octanol–water partition coefficient (Wildman–Crippen LogP) is 4.07. The van der Waals surface area contributed by atoms with Crippen LogP contribution in [0.25, 0.3) is 16.6 Å². The van der Waals surface area contributed by atoms with E-state index in [4.69, 9.17) is 14.7 Å². The Morgan fingerprint density at radius 3 is 2.61 bits per heavy atom. The van der Waals surface area contributed by atoms with Gasteiger partial charge < -0.3 is 19.5 Å². The molecule has 0 unspecified atom stereocenters. The summed E-state index contributed by atoms with van der Waals surface area (Å²) in [4.78, 5) is 0. The number of nitrogens with zero attached hydrogens (tertiary/aromatic N) is 5. The number of alkyl halides is 3. The standard InChI is InChI=1S/C25H26F3N7O3/c26-25(27,28)38-21-10-18(3-4-29)9-19(11-21)14-30-5-1-2-6-36-7-8-37-24-13-20(35-16-32-33-17-35)12-23-22(24)15-31-34-23/h9-13,15-17,30H,1-3,5-8,14H2,(H,31,34). The Kier molecular flexibility index (Phi) is 9.12. The molecule has 2 heterocycles. The highest BCUT2D eigenvalue weighted by atomic mass is 19.4. The average molecular weight is 530 g/mol. The van der Waals surface area contributed by atoms with Crippen LogP contribution in [-0.4, -0.2) is 57.7 Å². The van der Waals surface area contributed by atoms with Crippen molar-refractivity contribution >= 4 is 10.9 Å². The lowest BCUT2D eigenvalue weighted by molar-refractivity contribution is -0.274. The van der Waals surface area contributed by atoms with Crippen molar-refractivity contribution < 1.29 is 27.4 Å². The maximum atomic E-state index is 12.6. The fourth-order valence-electron chi connectivity index (χ4n) is 3.82. The van der Waals surface area contributed by atoms with Gasteiger partial charge in [-0.25, -0.2) is 0 Å². The molecule has 10 nitrogen and oxygen atoms in total. The first-order chi connectivity index (χ1) is 18.4. The molecule has 0 saturated heterocycles. The van der Waals surface area contributed by atoms with E-state index in [1.54, 1.807) is 29.5 Å². The average Bonchev–Trinajstić information content (AvgIpc) is 3.56. The van der Waals surface area contributed by atoms with Gasteiger partial charge in [-0.3, -0.25) is 9.67 Å². The number of H-pyrrole nitrogens is 1. The number of unbranched alkanes of at least 4 members (excludes halogenated alkanes) is 1. The maximum Gasteiger partial charge on any atom is 0.573 e. The molecule has 0 bridgehead atoms. The Morgan fingerprint density at radius 1 is 1.00 bits per heavy atom. The number of benzene rings is 2. The van der Waals surface area contributed by atoms with Crippen LogP contribution < -0.4 is 14.8 Å². The van der Waals surface area contributed by atoms with E-state index in [2.05, 4.69) is 30.4 Å². The lowest BCUT2D eigenvalue weighted by Gasteiger charge is -2.12. The fourth-order valence-corrected chi connectivity index (χ4v) is 3.82. The number of nitriles is 1. The van der Waals surface area contributed by atoms with E-state index in [1.165, 1.54) is 12.1 Å². The Balaban J connectivity index is 1.14. The zero-order chi connectivity index (χ0) is 26.8. The van der Waals surface area contributed by atoms with Crippen LogP contribution in [0.4, 0.5) is 13.2 Å². The van der Waals surface area contributed by atoms with Gasteiger partial charge in [0.25, 0.3) is 0 Å². The second-order valence-electron chi connectivity index (χ2n) is 8.36. The number of nitrogens with one attached hydrogen (secondary N) is 2. The molecule has 0 aliphatic carbocycles. The molecule has 2 aromatic carbocycles. The number of fused-ring (bicyclic) bond motifs is 1. The number of aromatic nitrogens is 5. The number of hydrogen-bond acceptors (Lipinski definition) is 8. The first-order valence-corrected chi connectivity index (χ1v) is 11.9. The molecule has 0 radical (unpaired) electrons. The molecule has 4 rings (SSSR count). The SMILES string of the molecule is N#CCc1cc(CNCCCCOCCOc2cc(-n3cnnc3)cc3[nH]ncc23)cc(OC(F)(F)F)c1. The van der Waals surface area contributed by atoms with E-state index in [1.807, 2.05) is 18.2 Å². The summed E-state index contributed by atoms with van der Waals surface area (Å²) in [6.45, 7) is 2.35. The highest BCUT2D eigenvalue weighted by Gasteiger charge is 2.31. The molecule has 0 spiro atoms. The summed E-state index contributed by atoms with van der Waals surface area (Å²) in [5.41, 5.74) is 2.77. The summed E-state index contributed by atoms with van der Waals surface area (Å²) in [6, 6.07) is 10.0. The van der Waals surface area contributed by atoms with Crippen LogP contribution in [0.15, 0.2) is 49.2 Å². The van der Waals surface area contributed by atoms with Crippen molar-refractivity contribution in [2.24, 2.45) is 0 Å². The lowest BCUT2D eigenvalue weighted by atomic mass is 10.1. The molecule has 0 aliphatic rings. The third-order valence-corrected chi connectivity index (χ3v) is 5.47. The molecule has 38 heavy (non-hydrogen) atoms. The van der Waals surface area contributed by atoms with Gasteiger partial charge in [0.05, 0.1) is 41.9 Å². The number of rotatable bonds is 14. The van der Waals surface area contributed by atoms with Crippen molar-refractivity contribution in [1.82, 2.24) is 30.3 Å². The van der Waals surface area contributed by atoms with Crippen molar-refractivity contribution in [2.45, 2.75) is 32.2 Å². The summed E-state index contributed by atoms with van der Waals surface area (Å²) in [6.07, 6.45) is 1.76. The second-order valence-corrected chi connectivity index (χ2v) is 8.36. The van der Waals surface area contributed by atoms with Crippen molar-refractivity contribution in [3.8, 4) is 23.3 Å². The number of hydrogen-bond donors (Lipinski definition) is 2. The monoisotopic (exact) mass is 529 g/mol. The third-order valence-electron chi connectivity index (χ3n) is 5.47. The molecule has 0 amide bonds. The van der Waals surface area contributed by atoms with Gasteiger partial charge in [0.15, 0.2) is 0 Å². The van der Waals surface area contributed by atoms with Crippen molar-refractivity contribution in [3.63, 3.8) is 0 Å². The Morgan fingerprint density at radius 2 is 1.82 bits per heavy atom. The number of aromatic amines is 1. The van der Waals surface area contributed by atoms with E-state index in [9.17, 15) is 13.2 Å². The Labute approximate surface area is 216 Å². The predicted molar refractivity (Wildman–Crippen MR) is 131 cm³/mol. The minimum atomic E-state index is -4.78. The summed E-state index contributed by atoms with van der Waals surface area (Å²) in [5, 5.41) is 27.6. The highest BCUT2D eigenvalue weighted by Crippen LogP contribution is 2.28. The number of halogens is 3. The van der Waals surface area contributed by atoms with E-state index >= 15 is 0 Å². The molecule has 200 valence electrons. The molecule has 13 heteroatoms. The van der Waals surface area contributed by atoms with E-state index < -0.39 is 6.36 Å². The topological polar surface area (TPSA) is 123 Å². The Bertz CT molecular complexity index is 1350. The third kappa shape index (κ3) is 7.92. The minimum absolute atomic E-state index is 0.00356. The lowest BCUT2D eigenvalue weighted by Crippen LogP contribution is -2.18. The summed E-state index contributed by atoms with van der Waals surface area (Å²) >= 11 is 0. The molecule has 2 aromatic heterocycles. The molecule has 0 atom stereocenters. The van der Waals surface area contributed by atoms with Gasteiger partial charge in [-0.2, -0.15) is 10.4 Å². The van der Waals surface area contributed by atoms with Gasteiger partial charge in [0.1, 0.15) is 30.8 Å². The smallest absolute Gasteiger partial charge is 0.490 e.